The third-order valence-corrected chi connectivity index (χ3v) is 6.73. The quantitative estimate of drug-likeness (QED) is 0.283. The fourth-order valence-electron chi connectivity index (χ4n) is 3.87. The van der Waals surface area contributed by atoms with Gasteiger partial charge in [-0.3, -0.25) is 9.36 Å². The van der Waals surface area contributed by atoms with Crippen molar-refractivity contribution in [1.29, 1.82) is 0 Å². The zero-order valence-corrected chi connectivity index (χ0v) is 22.5. The largest absolute Gasteiger partial charge is 0.490 e. The number of carbonyl (C=O) groups excluding carboxylic acids is 1. The summed E-state index contributed by atoms with van der Waals surface area (Å²) in [4.78, 5) is 31.8. The summed E-state index contributed by atoms with van der Waals surface area (Å²) in [5.74, 6) is 1.03. The van der Waals surface area contributed by atoms with Gasteiger partial charge < -0.3 is 18.6 Å². The highest BCUT2D eigenvalue weighted by atomic mass is 79.9. The molecule has 36 heavy (non-hydrogen) atoms. The van der Waals surface area contributed by atoms with Crippen LogP contribution in [0.5, 0.6) is 11.5 Å². The van der Waals surface area contributed by atoms with Gasteiger partial charge in [0.1, 0.15) is 12.4 Å². The predicted molar refractivity (Wildman–Crippen MR) is 140 cm³/mol. The number of benzene rings is 1. The number of allylic oxidation sites excluding steroid dienone is 1. The molecular formula is C26H25BrN2O6S. The number of carbonyl (C=O) groups is 1. The number of halogens is 1. The van der Waals surface area contributed by atoms with Crippen molar-refractivity contribution in [2.75, 3.05) is 19.8 Å². The standard InChI is InChI=1S/C26H25BrN2O6S/c1-5-12-34-18-10-8-16(13-19(18)32-6-2)23-22(25(31)33-7-3)15(4)28-26-29(23)24(30)20(36-26)14-17-9-11-21(27)35-17/h5,8-11,13-14,23H,1,6-7,12H2,2-4H3/b20-14-/t23-/m1/s1. The van der Waals surface area contributed by atoms with Gasteiger partial charge in [0.15, 0.2) is 21.0 Å². The highest BCUT2D eigenvalue weighted by Crippen LogP contribution is 2.36. The third-order valence-electron chi connectivity index (χ3n) is 5.32. The molecule has 1 aliphatic heterocycles. The highest BCUT2D eigenvalue weighted by molar-refractivity contribution is 9.10. The van der Waals surface area contributed by atoms with Crippen LogP contribution in [0.15, 0.2) is 73.1 Å². The molecule has 1 atom stereocenters. The van der Waals surface area contributed by atoms with E-state index in [0.29, 0.717) is 61.3 Å². The Morgan fingerprint density at radius 2 is 2.03 bits per heavy atom. The summed E-state index contributed by atoms with van der Waals surface area (Å²) in [5.41, 5.74) is 1.14. The average molecular weight is 573 g/mol. The van der Waals surface area contributed by atoms with Gasteiger partial charge in [-0.15, -0.1) is 0 Å². The Hall–Kier alpha value is -3.37. The van der Waals surface area contributed by atoms with E-state index in [1.807, 2.05) is 13.0 Å². The number of fused-ring (bicyclic) bond motifs is 1. The minimum atomic E-state index is -0.765. The molecule has 0 spiro atoms. The van der Waals surface area contributed by atoms with E-state index in [1.165, 1.54) is 15.9 Å². The molecule has 4 rings (SSSR count). The maximum Gasteiger partial charge on any atom is 0.338 e. The molecule has 0 saturated heterocycles. The smallest absolute Gasteiger partial charge is 0.338 e. The predicted octanol–water partition coefficient (Wildman–Crippen LogP) is 4.12. The van der Waals surface area contributed by atoms with Gasteiger partial charge in [0.25, 0.3) is 5.56 Å². The topological polar surface area (TPSA) is 92.3 Å². The van der Waals surface area contributed by atoms with Crippen LogP contribution in [-0.2, 0) is 9.53 Å². The maximum absolute atomic E-state index is 13.6. The van der Waals surface area contributed by atoms with Gasteiger partial charge in [0, 0.05) is 6.08 Å². The first kappa shape index (κ1) is 25.7. The summed E-state index contributed by atoms with van der Waals surface area (Å²) in [6.07, 6.45) is 3.30. The van der Waals surface area contributed by atoms with Gasteiger partial charge in [-0.2, -0.15) is 0 Å². The van der Waals surface area contributed by atoms with Crippen LogP contribution >= 0.6 is 27.3 Å². The van der Waals surface area contributed by atoms with Crippen molar-refractivity contribution in [2.24, 2.45) is 4.99 Å². The van der Waals surface area contributed by atoms with E-state index in [1.54, 1.807) is 50.3 Å². The first-order valence-corrected chi connectivity index (χ1v) is 12.9. The first-order valence-electron chi connectivity index (χ1n) is 11.3. The van der Waals surface area contributed by atoms with Crippen LogP contribution < -0.4 is 24.4 Å². The van der Waals surface area contributed by atoms with E-state index in [0.717, 1.165) is 0 Å². The van der Waals surface area contributed by atoms with E-state index in [2.05, 4.69) is 27.5 Å². The number of ether oxygens (including phenoxy) is 3. The first-order chi connectivity index (χ1) is 17.4. The van der Waals surface area contributed by atoms with Crippen LogP contribution in [0.1, 0.15) is 38.1 Å². The Labute approximate surface area is 220 Å². The number of aromatic nitrogens is 1. The molecular weight excluding hydrogens is 548 g/mol. The molecule has 0 fully saturated rings. The maximum atomic E-state index is 13.6. The van der Waals surface area contributed by atoms with Crippen molar-refractivity contribution in [3.63, 3.8) is 0 Å². The minimum absolute atomic E-state index is 0.193. The van der Waals surface area contributed by atoms with Gasteiger partial charge >= 0.3 is 5.97 Å². The summed E-state index contributed by atoms with van der Waals surface area (Å²) in [7, 11) is 0. The van der Waals surface area contributed by atoms with E-state index in [-0.39, 0.29) is 12.2 Å². The van der Waals surface area contributed by atoms with Crippen LogP contribution in [-0.4, -0.2) is 30.4 Å². The van der Waals surface area contributed by atoms with Crippen LogP contribution in [0, 0.1) is 0 Å². The molecule has 0 amide bonds. The normalized spacial score (nSPS) is 15.3. The van der Waals surface area contributed by atoms with Crippen molar-refractivity contribution in [1.82, 2.24) is 4.57 Å². The fourth-order valence-corrected chi connectivity index (χ4v) is 5.22. The van der Waals surface area contributed by atoms with Gasteiger partial charge in [-0.25, -0.2) is 9.79 Å². The van der Waals surface area contributed by atoms with E-state index in [9.17, 15) is 9.59 Å². The van der Waals surface area contributed by atoms with Crippen molar-refractivity contribution in [3.8, 4) is 11.5 Å². The molecule has 3 aromatic rings. The Morgan fingerprint density at radius 1 is 1.22 bits per heavy atom. The van der Waals surface area contributed by atoms with Crippen molar-refractivity contribution in [2.45, 2.75) is 26.8 Å². The van der Waals surface area contributed by atoms with Gasteiger partial charge in [0.2, 0.25) is 0 Å². The summed E-state index contributed by atoms with van der Waals surface area (Å²) in [6, 6.07) is 8.10. The van der Waals surface area contributed by atoms with Crippen molar-refractivity contribution < 1.29 is 23.4 Å². The lowest BCUT2D eigenvalue weighted by molar-refractivity contribution is -0.139. The molecule has 0 saturated carbocycles. The van der Waals surface area contributed by atoms with Crippen LogP contribution in [0.2, 0.25) is 0 Å². The van der Waals surface area contributed by atoms with E-state index >= 15 is 0 Å². The number of furan rings is 1. The molecule has 8 nitrogen and oxygen atoms in total. The molecule has 2 aromatic heterocycles. The Morgan fingerprint density at radius 3 is 2.69 bits per heavy atom. The molecule has 0 unspecified atom stereocenters. The summed E-state index contributed by atoms with van der Waals surface area (Å²) in [5, 5.41) is 0. The SMILES string of the molecule is C=CCOc1ccc([C@@H]2C(C(=O)OCC)=C(C)N=c3s/c(=C\c4ccc(Br)o4)c(=O)n32)cc1OCC. The number of rotatable bonds is 9. The average Bonchev–Trinajstić information content (AvgIpc) is 3.39. The van der Waals surface area contributed by atoms with Crippen molar-refractivity contribution >= 4 is 39.3 Å². The van der Waals surface area contributed by atoms with Crippen LogP contribution in [0.4, 0.5) is 0 Å². The fraction of sp³-hybridized carbons (Fsp3) is 0.269. The zero-order chi connectivity index (χ0) is 25.8. The lowest BCUT2D eigenvalue weighted by atomic mass is 9.95. The Balaban J connectivity index is 1.93. The third kappa shape index (κ3) is 5.10. The monoisotopic (exact) mass is 572 g/mol. The number of thiazole rings is 1. The molecule has 0 bridgehead atoms. The second-order valence-electron chi connectivity index (χ2n) is 7.68. The summed E-state index contributed by atoms with van der Waals surface area (Å²) >= 11 is 4.50. The zero-order valence-electron chi connectivity index (χ0n) is 20.1. The molecule has 188 valence electrons. The number of hydrogen-bond donors (Lipinski definition) is 0. The van der Waals surface area contributed by atoms with Crippen LogP contribution in [0.25, 0.3) is 6.08 Å². The lowest BCUT2D eigenvalue weighted by Crippen LogP contribution is -2.40. The number of nitrogens with zero attached hydrogens (tertiary/aromatic N) is 2. The minimum Gasteiger partial charge on any atom is -0.490 e. The molecule has 0 aliphatic carbocycles. The lowest BCUT2D eigenvalue weighted by Gasteiger charge is -2.25. The molecule has 10 heteroatoms. The molecule has 1 aliphatic rings. The number of esters is 1. The molecule has 3 heterocycles. The number of hydrogen-bond acceptors (Lipinski definition) is 8. The van der Waals surface area contributed by atoms with E-state index < -0.39 is 12.0 Å². The second kappa shape index (κ2) is 11.1. The Kier molecular flexibility index (Phi) is 7.95. The highest BCUT2D eigenvalue weighted by Gasteiger charge is 2.34. The second-order valence-corrected chi connectivity index (χ2v) is 9.47. The van der Waals surface area contributed by atoms with Crippen LogP contribution in [0.3, 0.4) is 0 Å². The molecule has 0 radical (unpaired) electrons. The van der Waals surface area contributed by atoms with Gasteiger partial charge in [-0.1, -0.05) is 30.1 Å². The van der Waals surface area contributed by atoms with Gasteiger partial charge in [0.05, 0.1) is 35.1 Å². The molecule has 0 N–H and O–H groups in total. The Bertz CT molecular complexity index is 1510. The summed E-state index contributed by atoms with van der Waals surface area (Å²) < 4.78 is 25.0. The molecule has 1 aromatic carbocycles. The van der Waals surface area contributed by atoms with E-state index in [4.69, 9.17) is 18.6 Å². The summed E-state index contributed by atoms with van der Waals surface area (Å²) in [6.45, 7) is 9.94. The van der Waals surface area contributed by atoms with Gasteiger partial charge in [-0.05, 0) is 66.5 Å². The van der Waals surface area contributed by atoms with Crippen molar-refractivity contribution in [3.05, 3.63) is 89.9 Å².